The molecule has 0 bridgehead atoms. The maximum atomic E-state index is 13.1. The first-order valence-corrected chi connectivity index (χ1v) is 44.9. The molecule has 0 saturated heterocycles. The molecule has 0 radical (unpaired) electrons. The Balaban J connectivity index is 5.29. The number of allylic oxidation sites excluding steroid dienone is 4. The molecule has 0 saturated carbocycles. The van der Waals surface area contributed by atoms with E-state index in [0.717, 1.165) is 115 Å². The van der Waals surface area contributed by atoms with E-state index < -0.39 is 97.5 Å². The monoisotopic (exact) mass is 1480 g/mol. The van der Waals surface area contributed by atoms with E-state index in [0.29, 0.717) is 25.7 Å². The molecule has 19 heteroatoms. The van der Waals surface area contributed by atoms with Crippen molar-refractivity contribution in [2.45, 2.75) is 432 Å². The molecule has 0 rings (SSSR count). The number of carbonyl (C=O) groups excluding carboxylic acids is 4. The van der Waals surface area contributed by atoms with Crippen molar-refractivity contribution in [3.63, 3.8) is 0 Å². The van der Waals surface area contributed by atoms with Gasteiger partial charge in [-0.1, -0.05) is 361 Å². The molecule has 0 spiro atoms. The fourth-order valence-electron chi connectivity index (χ4n) is 12.2. The molecular formula is C82H156O17P2. The van der Waals surface area contributed by atoms with E-state index in [4.69, 9.17) is 37.0 Å². The van der Waals surface area contributed by atoms with Crippen molar-refractivity contribution in [1.29, 1.82) is 0 Å². The van der Waals surface area contributed by atoms with Gasteiger partial charge in [0, 0.05) is 25.7 Å². The van der Waals surface area contributed by atoms with Gasteiger partial charge < -0.3 is 33.8 Å². The molecule has 2 unspecified atom stereocenters. The predicted octanol–water partition coefficient (Wildman–Crippen LogP) is 24.4. The zero-order chi connectivity index (χ0) is 74.1. The highest BCUT2D eigenvalue weighted by Gasteiger charge is 2.30. The Bertz CT molecular complexity index is 2020. The molecule has 596 valence electrons. The summed E-state index contributed by atoms with van der Waals surface area (Å²) >= 11 is 0. The van der Waals surface area contributed by atoms with Crippen molar-refractivity contribution < 1.29 is 80.2 Å². The minimum atomic E-state index is -4.97. The predicted molar refractivity (Wildman–Crippen MR) is 414 cm³/mol. The summed E-state index contributed by atoms with van der Waals surface area (Å²) in [7, 11) is -9.93. The molecule has 0 heterocycles. The molecule has 0 aromatic carbocycles. The molecule has 0 aromatic heterocycles. The van der Waals surface area contributed by atoms with Crippen molar-refractivity contribution in [3.8, 4) is 0 Å². The molecule has 5 atom stereocenters. The zero-order valence-corrected chi connectivity index (χ0v) is 67.3. The lowest BCUT2D eigenvalue weighted by molar-refractivity contribution is -0.161. The lowest BCUT2D eigenvalue weighted by Gasteiger charge is -2.21. The molecule has 0 aliphatic rings. The Morgan fingerprint density at radius 1 is 0.307 bits per heavy atom. The highest BCUT2D eigenvalue weighted by molar-refractivity contribution is 7.47. The fraction of sp³-hybridized carbons (Fsp3) is 0.902. The standard InChI is InChI=1S/C82H156O17P2/c1-6-9-12-15-18-21-24-27-31-37-41-46-51-56-61-66-80(85)93-72-78(99-82(87)68-63-58-53-48-43-38-33-30-29-32-35-39-44-49-54-59-64-75(4)5)74-97-101(90,91)95-70-76(83)69-94-100(88,89)96-73-77(71-92-79(84)65-60-55-50-45-40-34-26-23-20-17-14-11-8-3)98-81(86)67-62-57-52-47-42-36-28-25-22-19-16-13-10-7-2/h21,24,27,31,75-78,83H,6-20,22-23,25-26,28-30,32-74H2,1-5H3,(H,88,89)(H,90,91)/b24-21-,31-27-/t76-,77+,78+/m0/s1. The van der Waals surface area contributed by atoms with Crippen LogP contribution in [-0.4, -0.2) is 96.7 Å². The van der Waals surface area contributed by atoms with Gasteiger partial charge in [0.15, 0.2) is 12.2 Å². The molecule has 0 aromatic rings. The van der Waals surface area contributed by atoms with E-state index in [-0.39, 0.29) is 25.7 Å². The second kappa shape index (κ2) is 74.4. The highest BCUT2D eigenvalue weighted by atomic mass is 31.2. The maximum Gasteiger partial charge on any atom is 0.472 e. The van der Waals surface area contributed by atoms with Crippen LogP contribution >= 0.6 is 15.6 Å². The number of carbonyl (C=O) groups is 4. The molecule has 101 heavy (non-hydrogen) atoms. The molecule has 3 N–H and O–H groups in total. The highest BCUT2D eigenvalue weighted by Crippen LogP contribution is 2.45. The lowest BCUT2D eigenvalue weighted by Crippen LogP contribution is -2.30. The Kier molecular flexibility index (Phi) is 72.6. The van der Waals surface area contributed by atoms with Crippen LogP contribution in [0.4, 0.5) is 0 Å². The second-order valence-electron chi connectivity index (χ2n) is 29.3. The van der Waals surface area contributed by atoms with Gasteiger partial charge in [0.1, 0.15) is 19.3 Å². The first kappa shape index (κ1) is 98.5. The van der Waals surface area contributed by atoms with Gasteiger partial charge in [-0.15, -0.1) is 0 Å². The summed E-state index contributed by atoms with van der Waals surface area (Å²) in [6.45, 7) is 7.31. The number of aliphatic hydroxyl groups is 1. The number of phosphoric ester groups is 2. The zero-order valence-electron chi connectivity index (χ0n) is 65.5. The Labute approximate surface area is 618 Å². The number of hydrogen-bond acceptors (Lipinski definition) is 15. The number of hydrogen-bond donors (Lipinski definition) is 3. The normalized spacial score (nSPS) is 14.0. The van der Waals surface area contributed by atoms with Gasteiger partial charge in [-0.05, 0) is 57.3 Å². The largest absolute Gasteiger partial charge is 0.472 e. The third-order valence-electron chi connectivity index (χ3n) is 18.7. The average Bonchev–Trinajstić information content (AvgIpc) is 0.958. The van der Waals surface area contributed by atoms with Gasteiger partial charge in [-0.3, -0.25) is 37.3 Å². The number of unbranched alkanes of at least 4 members (excludes halogenated alkanes) is 49. The van der Waals surface area contributed by atoms with Crippen molar-refractivity contribution >= 4 is 39.5 Å². The first-order chi connectivity index (χ1) is 49.0. The Hall–Kier alpha value is -2.46. The maximum absolute atomic E-state index is 13.1. The van der Waals surface area contributed by atoms with Crippen LogP contribution in [0.3, 0.4) is 0 Å². The summed E-state index contributed by atoms with van der Waals surface area (Å²) in [6.07, 6.45) is 68.6. The SMILES string of the molecule is CCCCCC/C=C\C=C/CCCCCCCC(=O)OC[C@H](COP(=O)(O)OC[C@@H](O)COP(=O)(O)OC[C@@H](COC(=O)CCCCCCCCCCCCCCC)OC(=O)CCCCCCCCCCCCCCCC)OC(=O)CCCCCCCCCCCCCCCCCCC(C)C. The number of rotatable bonds is 80. The van der Waals surface area contributed by atoms with Crippen LogP contribution in [0, 0.1) is 5.92 Å². The summed E-state index contributed by atoms with van der Waals surface area (Å²) in [6, 6.07) is 0. The van der Waals surface area contributed by atoms with Crippen molar-refractivity contribution in [2.24, 2.45) is 5.92 Å². The van der Waals surface area contributed by atoms with Gasteiger partial charge in [0.2, 0.25) is 0 Å². The first-order valence-electron chi connectivity index (χ1n) is 42.0. The third-order valence-corrected chi connectivity index (χ3v) is 20.6. The number of esters is 4. The van der Waals surface area contributed by atoms with Gasteiger partial charge in [0.05, 0.1) is 26.4 Å². The lowest BCUT2D eigenvalue weighted by atomic mass is 10.0. The van der Waals surface area contributed by atoms with Gasteiger partial charge in [0.25, 0.3) is 0 Å². The minimum absolute atomic E-state index is 0.101. The van der Waals surface area contributed by atoms with Crippen LogP contribution in [0.25, 0.3) is 0 Å². The van der Waals surface area contributed by atoms with Crippen molar-refractivity contribution in [3.05, 3.63) is 24.3 Å². The van der Waals surface area contributed by atoms with E-state index in [2.05, 4.69) is 58.9 Å². The van der Waals surface area contributed by atoms with E-state index in [1.165, 1.54) is 218 Å². The van der Waals surface area contributed by atoms with E-state index in [9.17, 15) is 43.2 Å². The van der Waals surface area contributed by atoms with Gasteiger partial charge >= 0.3 is 39.5 Å². The molecule has 0 aliphatic carbocycles. The number of phosphoric acid groups is 2. The molecule has 0 fully saturated rings. The van der Waals surface area contributed by atoms with E-state index in [1.54, 1.807) is 0 Å². The number of aliphatic hydroxyl groups excluding tert-OH is 1. The van der Waals surface area contributed by atoms with Crippen LogP contribution in [0.2, 0.25) is 0 Å². The molecule has 17 nitrogen and oxygen atoms in total. The third kappa shape index (κ3) is 75.6. The van der Waals surface area contributed by atoms with Gasteiger partial charge in [-0.2, -0.15) is 0 Å². The quantitative estimate of drug-likeness (QED) is 0.0169. The summed E-state index contributed by atoms with van der Waals surface area (Å²) < 4.78 is 68.7. The van der Waals surface area contributed by atoms with Crippen LogP contribution in [0.5, 0.6) is 0 Å². The van der Waals surface area contributed by atoms with Gasteiger partial charge in [-0.25, -0.2) is 9.13 Å². The Morgan fingerprint density at radius 2 is 0.535 bits per heavy atom. The number of ether oxygens (including phenoxy) is 4. The summed E-state index contributed by atoms with van der Waals surface area (Å²) in [5.74, 6) is -1.33. The second-order valence-corrected chi connectivity index (χ2v) is 32.2. The van der Waals surface area contributed by atoms with Crippen molar-refractivity contribution in [1.82, 2.24) is 0 Å². The summed E-state index contributed by atoms with van der Waals surface area (Å²) in [5, 5.41) is 10.6. The molecular weight excluding hydrogens is 1320 g/mol. The van der Waals surface area contributed by atoms with Crippen LogP contribution in [0.15, 0.2) is 24.3 Å². The Morgan fingerprint density at radius 3 is 0.812 bits per heavy atom. The molecule has 0 aliphatic heterocycles. The molecule has 0 amide bonds. The van der Waals surface area contributed by atoms with Crippen LogP contribution < -0.4 is 0 Å². The topological polar surface area (TPSA) is 237 Å². The van der Waals surface area contributed by atoms with E-state index >= 15 is 0 Å². The van der Waals surface area contributed by atoms with Crippen LogP contribution in [0.1, 0.15) is 413 Å². The van der Waals surface area contributed by atoms with Crippen LogP contribution in [-0.2, 0) is 65.4 Å². The fourth-order valence-corrected chi connectivity index (χ4v) is 13.8. The summed E-state index contributed by atoms with van der Waals surface area (Å²) in [4.78, 5) is 73.1. The summed E-state index contributed by atoms with van der Waals surface area (Å²) in [5.41, 5.74) is 0. The minimum Gasteiger partial charge on any atom is -0.462 e. The van der Waals surface area contributed by atoms with Crippen molar-refractivity contribution in [2.75, 3.05) is 39.6 Å². The smallest absolute Gasteiger partial charge is 0.462 e. The average molecular weight is 1480 g/mol. The van der Waals surface area contributed by atoms with E-state index in [1.807, 2.05) is 0 Å².